The highest BCUT2D eigenvalue weighted by atomic mass is 16.5. The Morgan fingerprint density at radius 3 is 1.81 bits per heavy atom. The third-order valence-corrected chi connectivity index (χ3v) is 4.67. The van der Waals surface area contributed by atoms with Gasteiger partial charge in [-0.1, -0.05) is 54.6 Å². The number of carbonyl (C=O) groups is 1. The molecule has 0 fully saturated rings. The summed E-state index contributed by atoms with van der Waals surface area (Å²) in [4.78, 5) is 13.1. The zero-order valence-corrected chi connectivity index (χ0v) is 17.6. The van der Waals surface area contributed by atoms with E-state index >= 15 is 0 Å². The van der Waals surface area contributed by atoms with Crippen molar-refractivity contribution in [2.24, 2.45) is 5.10 Å². The molecule has 0 radical (unpaired) electrons. The van der Waals surface area contributed by atoms with Crippen molar-refractivity contribution in [2.75, 3.05) is 13.2 Å². The maximum atomic E-state index is 13.1. The molecule has 2 N–H and O–H groups in total. The van der Waals surface area contributed by atoms with Crippen molar-refractivity contribution in [1.82, 2.24) is 5.43 Å². The number of hydrogen-bond donors (Lipinski definition) is 2. The van der Waals surface area contributed by atoms with Crippen LogP contribution >= 0.6 is 0 Å². The average molecular weight is 418 g/mol. The number of carbonyl (C=O) groups excluding carboxylic acids is 1. The Morgan fingerprint density at radius 2 is 1.35 bits per heavy atom. The van der Waals surface area contributed by atoms with E-state index in [0.717, 1.165) is 5.56 Å². The second-order valence-corrected chi connectivity index (χ2v) is 6.74. The van der Waals surface area contributed by atoms with Crippen molar-refractivity contribution in [2.45, 2.75) is 19.4 Å². The molecular weight excluding hydrogens is 392 g/mol. The molecule has 0 unspecified atom stereocenters. The molecule has 0 heterocycles. The number of hydrazone groups is 1. The van der Waals surface area contributed by atoms with Crippen LogP contribution in [-0.4, -0.2) is 30.4 Å². The highest BCUT2D eigenvalue weighted by Gasteiger charge is 2.40. The van der Waals surface area contributed by atoms with Crippen molar-refractivity contribution in [3.05, 3.63) is 95.6 Å². The summed E-state index contributed by atoms with van der Waals surface area (Å²) in [6.07, 6.45) is 1.52. The van der Waals surface area contributed by atoms with Crippen LogP contribution in [0.1, 0.15) is 30.5 Å². The van der Waals surface area contributed by atoms with E-state index in [9.17, 15) is 9.90 Å². The number of amides is 1. The normalized spacial score (nSPS) is 11.3. The fraction of sp³-hybridized carbons (Fsp3) is 0.200. The maximum absolute atomic E-state index is 13.1. The van der Waals surface area contributed by atoms with Gasteiger partial charge < -0.3 is 14.6 Å². The van der Waals surface area contributed by atoms with E-state index in [2.05, 4.69) is 10.5 Å². The molecule has 0 aromatic heterocycles. The first-order chi connectivity index (χ1) is 15.1. The minimum Gasteiger partial charge on any atom is -0.494 e. The van der Waals surface area contributed by atoms with Crippen molar-refractivity contribution in [1.29, 1.82) is 0 Å². The first-order valence-electron chi connectivity index (χ1n) is 10.2. The summed E-state index contributed by atoms with van der Waals surface area (Å²) < 4.78 is 10.9. The lowest BCUT2D eigenvalue weighted by atomic mass is 9.85. The highest BCUT2D eigenvalue weighted by Crippen LogP contribution is 2.32. The number of hydrogen-bond acceptors (Lipinski definition) is 5. The predicted molar refractivity (Wildman–Crippen MR) is 120 cm³/mol. The zero-order valence-electron chi connectivity index (χ0n) is 17.6. The van der Waals surface area contributed by atoms with Gasteiger partial charge in [0.05, 0.1) is 19.4 Å². The molecule has 6 heteroatoms. The fourth-order valence-electron chi connectivity index (χ4n) is 3.13. The smallest absolute Gasteiger partial charge is 0.281 e. The molecule has 0 saturated carbocycles. The van der Waals surface area contributed by atoms with Gasteiger partial charge in [0.1, 0.15) is 11.5 Å². The molecule has 3 rings (SSSR count). The third-order valence-electron chi connectivity index (χ3n) is 4.67. The van der Waals surface area contributed by atoms with Gasteiger partial charge in [-0.15, -0.1) is 0 Å². The van der Waals surface area contributed by atoms with E-state index in [-0.39, 0.29) is 0 Å². The summed E-state index contributed by atoms with van der Waals surface area (Å²) >= 11 is 0. The standard InChI is InChI=1S/C25H26N2O4/c1-3-30-22-14-10-20(11-15-22)25(29,21-12-16-23(17-13-21)31-4-2)24(28)27-26-18-19-8-6-5-7-9-19/h5-18,29H,3-4H2,1-2H3,(H,27,28)/b26-18-. The van der Waals surface area contributed by atoms with E-state index in [4.69, 9.17) is 9.47 Å². The molecule has 0 saturated heterocycles. The van der Waals surface area contributed by atoms with Gasteiger partial charge in [0.25, 0.3) is 5.91 Å². The molecule has 6 nitrogen and oxygen atoms in total. The topological polar surface area (TPSA) is 80.2 Å². The van der Waals surface area contributed by atoms with Crippen LogP contribution in [-0.2, 0) is 10.4 Å². The Bertz CT molecular complexity index is 950. The average Bonchev–Trinajstić information content (AvgIpc) is 2.80. The highest BCUT2D eigenvalue weighted by molar-refractivity contribution is 5.91. The van der Waals surface area contributed by atoms with Crippen LogP contribution in [0.25, 0.3) is 0 Å². The third kappa shape index (κ3) is 5.29. The molecule has 3 aromatic rings. The van der Waals surface area contributed by atoms with Gasteiger partial charge in [-0.05, 0) is 54.8 Å². The number of ether oxygens (including phenoxy) is 2. The number of benzene rings is 3. The van der Waals surface area contributed by atoms with Gasteiger partial charge in [-0.25, -0.2) is 5.43 Å². The van der Waals surface area contributed by atoms with Gasteiger partial charge in [0.2, 0.25) is 0 Å². The molecule has 1 amide bonds. The largest absolute Gasteiger partial charge is 0.494 e. The van der Waals surface area contributed by atoms with E-state index in [0.29, 0.717) is 35.8 Å². The van der Waals surface area contributed by atoms with Crippen LogP contribution in [0.15, 0.2) is 84.0 Å². The molecule has 0 aliphatic rings. The predicted octanol–water partition coefficient (Wildman–Crippen LogP) is 3.87. The first kappa shape index (κ1) is 22.1. The monoisotopic (exact) mass is 418 g/mol. The lowest BCUT2D eigenvalue weighted by Gasteiger charge is -2.27. The minimum absolute atomic E-state index is 0.396. The quantitative estimate of drug-likeness (QED) is 0.408. The zero-order chi connectivity index (χ0) is 22.1. The second-order valence-electron chi connectivity index (χ2n) is 6.74. The Balaban J connectivity index is 1.92. The van der Waals surface area contributed by atoms with Gasteiger partial charge in [-0.2, -0.15) is 5.10 Å². The minimum atomic E-state index is -1.95. The Morgan fingerprint density at radius 1 is 0.871 bits per heavy atom. The molecule has 160 valence electrons. The van der Waals surface area contributed by atoms with Crippen LogP contribution in [0.4, 0.5) is 0 Å². The van der Waals surface area contributed by atoms with Crippen LogP contribution in [0.5, 0.6) is 11.5 Å². The van der Waals surface area contributed by atoms with Crippen LogP contribution in [0.2, 0.25) is 0 Å². The lowest BCUT2D eigenvalue weighted by molar-refractivity contribution is -0.136. The van der Waals surface area contributed by atoms with Crippen molar-refractivity contribution >= 4 is 12.1 Å². The summed E-state index contributed by atoms with van der Waals surface area (Å²) in [5.74, 6) is 0.638. The van der Waals surface area contributed by atoms with Crippen molar-refractivity contribution in [3.8, 4) is 11.5 Å². The molecule has 0 aliphatic heterocycles. The SMILES string of the molecule is CCOc1ccc(C(O)(C(=O)N/N=C\c2ccccc2)c2ccc(OCC)cc2)cc1. The van der Waals surface area contributed by atoms with Crippen molar-refractivity contribution < 1.29 is 19.4 Å². The van der Waals surface area contributed by atoms with E-state index in [1.165, 1.54) is 6.21 Å². The fourth-order valence-corrected chi connectivity index (χ4v) is 3.13. The maximum Gasteiger partial charge on any atom is 0.281 e. The molecule has 0 aliphatic carbocycles. The summed E-state index contributed by atoms with van der Waals surface area (Å²) in [5.41, 5.74) is 2.13. The number of nitrogens with zero attached hydrogens (tertiary/aromatic N) is 1. The summed E-state index contributed by atoms with van der Waals surface area (Å²) in [6, 6.07) is 22.9. The summed E-state index contributed by atoms with van der Waals surface area (Å²) in [7, 11) is 0. The van der Waals surface area contributed by atoms with Gasteiger partial charge in [0, 0.05) is 0 Å². The van der Waals surface area contributed by atoms with Crippen molar-refractivity contribution in [3.63, 3.8) is 0 Å². The Labute approximate surface area is 182 Å². The van der Waals surface area contributed by atoms with Crippen LogP contribution in [0, 0.1) is 0 Å². The molecule has 0 spiro atoms. The van der Waals surface area contributed by atoms with Crippen LogP contribution < -0.4 is 14.9 Å². The van der Waals surface area contributed by atoms with E-state index in [1.807, 2.05) is 44.2 Å². The van der Waals surface area contributed by atoms with Crippen LogP contribution in [0.3, 0.4) is 0 Å². The lowest BCUT2D eigenvalue weighted by Crippen LogP contribution is -2.43. The number of nitrogens with one attached hydrogen (secondary N) is 1. The summed E-state index contributed by atoms with van der Waals surface area (Å²) in [6.45, 7) is 4.83. The number of aliphatic hydroxyl groups is 1. The van der Waals surface area contributed by atoms with E-state index < -0.39 is 11.5 Å². The molecule has 31 heavy (non-hydrogen) atoms. The molecular formula is C25H26N2O4. The summed E-state index contributed by atoms with van der Waals surface area (Å²) in [5, 5.41) is 15.6. The Kier molecular flexibility index (Phi) is 7.40. The van der Waals surface area contributed by atoms with Gasteiger partial charge in [-0.3, -0.25) is 4.79 Å². The second kappa shape index (κ2) is 10.4. The molecule has 3 aromatic carbocycles. The van der Waals surface area contributed by atoms with Gasteiger partial charge >= 0.3 is 0 Å². The first-order valence-corrected chi connectivity index (χ1v) is 10.2. The molecule has 0 bridgehead atoms. The van der Waals surface area contributed by atoms with Gasteiger partial charge in [0.15, 0.2) is 5.60 Å². The van der Waals surface area contributed by atoms with E-state index in [1.54, 1.807) is 48.5 Å². The number of rotatable bonds is 9. The molecule has 0 atom stereocenters. The Hall–Kier alpha value is -3.64.